The van der Waals surface area contributed by atoms with Crippen molar-refractivity contribution in [2.24, 2.45) is 0 Å². The van der Waals surface area contributed by atoms with Crippen molar-refractivity contribution in [1.82, 2.24) is 9.88 Å². The number of methoxy groups -OCH3 is 1. The predicted molar refractivity (Wildman–Crippen MR) is 112 cm³/mol. The van der Waals surface area contributed by atoms with E-state index in [0.717, 1.165) is 23.0 Å². The van der Waals surface area contributed by atoms with Crippen molar-refractivity contribution in [2.45, 2.75) is 26.9 Å². The van der Waals surface area contributed by atoms with E-state index < -0.39 is 0 Å². The van der Waals surface area contributed by atoms with E-state index in [4.69, 9.17) is 4.74 Å². The molecule has 2 aromatic heterocycles. The molecule has 0 aliphatic carbocycles. The minimum absolute atomic E-state index is 0.0101. The third kappa shape index (κ3) is 3.53. The maximum atomic E-state index is 13.3. The van der Waals surface area contributed by atoms with Crippen molar-refractivity contribution < 1.29 is 9.53 Å². The molecule has 0 radical (unpaired) electrons. The largest absolute Gasteiger partial charge is 0.497 e. The quantitative estimate of drug-likeness (QED) is 0.660. The highest BCUT2D eigenvalue weighted by Crippen LogP contribution is 2.40. The van der Waals surface area contributed by atoms with E-state index in [1.807, 2.05) is 53.6 Å². The molecule has 0 fully saturated rings. The average Bonchev–Trinajstić information content (AvgIpc) is 3.02. The minimum atomic E-state index is 0.0101. The van der Waals surface area contributed by atoms with Crippen LogP contribution in [0.5, 0.6) is 5.75 Å². The van der Waals surface area contributed by atoms with Crippen molar-refractivity contribution in [3.63, 3.8) is 0 Å². The molecule has 1 aliphatic heterocycles. The van der Waals surface area contributed by atoms with Gasteiger partial charge in [-0.05, 0) is 55.8 Å². The molecule has 6 heteroatoms. The smallest absolute Gasteiger partial charge is 0.260 e. The standard InChI is InChI=1S/C22H23N3O2S/c1-15-16(2)28-22-20(15)13-24(12-18-6-4-5-11-23-18)14-25(22)21(26)17-7-9-19(27-3)10-8-17/h4-11H,12-14H2,1-3H3. The van der Waals surface area contributed by atoms with Crippen molar-refractivity contribution in [3.05, 3.63) is 75.9 Å². The van der Waals surface area contributed by atoms with E-state index in [-0.39, 0.29) is 5.91 Å². The van der Waals surface area contributed by atoms with Crippen LogP contribution in [0, 0.1) is 13.8 Å². The first-order valence-corrected chi connectivity index (χ1v) is 10.1. The Labute approximate surface area is 169 Å². The lowest BCUT2D eigenvalue weighted by molar-refractivity contribution is 0.0956. The van der Waals surface area contributed by atoms with Gasteiger partial charge in [0.25, 0.3) is 5.91 Å². The number of aromatic nitrogens is 1. The number of rotatable bonds is 4. The number of thiophene rings is 1. The lowest BCUT2D eigenvalue weighted by Crippen LogP contribution is -2.44. The van der Waals surface area contributed by atoms with Gasteiger partial charge in [-0.3, -0.25) is 19.6 Å². The number of pyridine rings is 1. The van der Waals surface area contributed by atoms with Gasteiger partial charge in [-0.1, -0.05) is 6.07 Å². The molecule has 1 aromatic carbocycles. The summed E-state index contributed by atoms with van der Waals surface area (Å²) in [5, 5.41) is 1.06. The van der Waals surface area contributed by atoms with Crippen molar-refractivity contribution in [2.75, 3.05) is 18.7 Å². The number of ether oxygens (including phenoxy) is 1. The molecule has 28 heavy (non-hydrogen) atoms. The van der Waals surface area contributed by atoms with E-state index in [9.17, 15) is 4.79 Å². The van der Waals surface area contributed by atoms with E-state index in [1.54, 1.807) is 18.4 Å². The molecule has 4 rings (SSSR count). The summed E-state index contributed by atoms with van der Waals surface area (Å²) in [4.78, 5) is 23.2. The summed E-state index contributed by atoms with van der Waals surface area (Å²) < 4.78 is 5.22. The van der Waals surface area contributed by atoms with Gasteiger partial charge in [0.05, 0.1) is 19.5 Å². The Hall–Kier alpha value is -2.70. The number of anilines is 1. The number of aryl methyl sites for hydroxylation is 1. The Morgan fingerprint density at radius 3 is 2.64 bits per heavy atom. The zero-order valence-electron chi connectivity index (χ0n) is 16.3. The van der Waals surface area contributed by atoms with Crippen LogP contribution < -0.4 is 9.64 Å². The van der Waals surface area contributed by atoms with Crippen LogP contribution in [-0.2, 0) is 13.1 Å². The molecule has 3 heterocycles. The number of hydrogen-bond donors (Lipinski definition) is 0. The summed E-state index contributed by atoms with van der Waals surface area (Å²) in [5.41, 5.74) is 4.19. The van der Waals surface area contributed by atoms with Gasteiger partial charge < -0.3 is 4.74 Å². The van der Waals surface area contributed by atoms with E-state index in [0.29, 0.717) is 18.8 Å². The molecular weight excluding hydrogens is 370 g/mol. The zero-order valence-corrected chi connectivity index (χ0v) is 17.1. The minimum Gasteiger partial charge on any atom is -0.497 e. The second kappa shape index (κ2) is 7.73. The summed E-state index contributed by atoms with van der Waals surface area (Å²) in [6.07, 6.45) is 1.81. The summed E-state index contributed by atoms with van der Waals surface area (Å²) in [7, 11) is 1.63. The fourth-order valence-corrected chi connectivity index (χ4v) is 4.63. The maximum Gasteiger partial charge on any atom is 0.260 e. The molecule has 0 bridgehead atoms. The Bertz CT molecular complexity index is 983. The van der Waals surface area contributed by atoms with Gasteiger partial charge in [-0.2, -0.15) is 0 Å². The normalized spacial score (nSPS) is 14.0. The Morgan fingerprint density at radius 2 is 1.96 bits per heavy atom. The molecule has 5 nitrogen and oxygen atoms in total. The highest BCUT2D eigenvalue weighted by atomic mass is 32.1. The number of amides is 1. The van der Waals surface area contributed by atoms with Crippen LogP contribution in [0.3, 0.4) is 0 Å². The van der Waals surface area contributed by atoms with Crippen molar-refractivity contribution in [1.29, 1.82) is 0 Å². The highest BCUT2D eigenvalue weighted by Gasteiger charge is 2.31. The molecule has 1 amide bonds. The monoisotopic (exact) mass is 393 g/mol. The van der Waals surface area contributed by atoms with Gasteiger partial charge >= 0.3 is 0 Å². The molecule has 0 unspecified atom stereocenters. The SMILES string of the molecule is COc1ccc(C(=O)N2CN(Cc3ccccn3)Cc3c2sc(C)c3C)cc1. The average molecular weight is 394 g/mol. The summed E-state index contributed by atoms with van der Waals surface area (Å²) in [6.45, 7) is 6.35. The Balaban J connectivity index is 1.66. The topological polar surface area (TPSA) is 45.7 Å². The van der Waals surface area contributed by atoms with Crippen LogP contribution in [0.2, 0.25) is 0 Å². The van der Waals surface area contributed by atoms with Gasteiger partial charge in [0, 0.05) is 35.3 Å². The van der Waals surface area contributed by atoms with Gasteiger partial charge in [-0.25, -0.2) is 0 Å². The predicted octanol–water partition coefficient (Wildman–Crippen LogP) is 4.39. The van der Waals surface area contributed by atoms with E-state index >= 15 is 0 Å². The van der Waals surface area contributed by atoms with Crippen LogP contribution >= 0.6 is 11.3 Å². The van der Waals surface area contributed by atoms with Gasteiger partial charge in [0.15, 0.2) is 0 Å². The third-order valence-corrected chi connectivity index (χ3v) is 6.42. The lowest BCUT2D eigenvalue weighted by atomic mass is 10.1. The van der Waals surface area contributed by atoms with Crippen LogP contribution in [0.4, 0.5) is 5.00 Å². The van der Waals surface area contributed by atoms with Gasteiger partial charge in [0.2, 0.25) is 0 Å². The highest BCUT2D eigenvalue weighted by molar-refractivity contribution is 7.16. The third-order valence-electron chi connectivity index (χ3n) is 5.15. The number of carbonyl (C=O) groups excluding carboxylic acids is 1. The van der Waals surface area contributed by atoms with Crippen molar-refractivity contribution in [3.8, 4) is 5.75 Å². The number of hydrogen-bond acceptors (Lipinski definition) is 5. The fraction of sp³-hybridized carbons (Fsp3) is 0.273. The van der Waals surface area contributed by atoms with Crippen LogP contribution in [0.25, 0.3) is 0 Å². The lowest BCUT2D eigenvalue weighted by Gasteiger charge is -2.35. The first-order valence-electron chi connectivity index (χ1n) is 9.24. The molecule has 0 atom stereocenters. The summed E-state index contributed by atoms with van der Waals surface area (Å²) in [5.74, 6) is 0.756. The number of nitrogens with zero attached hydrogens (tertiary/aromatic N) is 3. The molecular formula is C22H23N3O2S. The summed E-state index contributed by atoms with van der Waals surface area (Å²) >= 11 is 1.70. The van der Waals surface area contributed by atoms with Crippen molar-refractivity contribution >= 4 is 22.2 Å². The first kappa shape index (κ1) is 18.7. The van der Waals surface area contributed by atoms with Crippen LogP contribution in [0.1, 0.15) is 32.1 Å². The number of carbonyl (C=O) groups is 1. The Kier molecular flexibility index (Phi) is 5.15. The number of benzene rings is 1. The summed E-state index contributed by atoms with van der Waals surface area (Å²) in [6, 6.07) is 13.2. The molecule has 0 saturated heterocycles. The maximum absolute atomic E-state index is 13.3. The molecule has 3 aromatic rings. The fourth-order valence-electron chi connectivity index (χ4n) is 3.47. The molecule has 1 aliphatic rings. The Morgan fingerprint density at radius 1 is 1.18 bits per heavy atom. The van der Waals surface area contributed by atoms with Gasteiger partial charge in [-0.15, -0.1) is 11.3 Å². The van der Waals surface area contributed by atoms with E-state index in [2.05, 4.69) is 23.7 Å². The second-order valence-corrected chi connectivity index (χ2v) is 8.18. The van der Waals surface area contributed by atoms with Crippen LogP contribution in [-0.4, -0.2) is 29.6 Å². The molecule has 0 spiro atoms. The second-order valence-electron chi connectivity index (χ2n) is 6.98. The van der Waals surface area contributed by atoms with E-state index in [1.165, 1.54) is 16.0 Å². The molecule has 0 saturated carbocycles. The number of fused-ring (bicyclic) bond motifs is 1. The molecule has 0 N–H and O–H groups in total. The van der Waals surface area contributed by atoms with Crippen LogP contribution in [0.15, 0.2) is 48.7 Å². The zero-order chi connectivity index (χ0) is 19.7. The first-order chi connectivity index (χ1) is 13.6. The van der Waals surface area contributed by atoms with Gasteiger partial charge in [0.1, 0.15) is 10.8 Å². The molecule has 144 valence electrons.